The number of ether oxygens (including phenoxy) is 1. The molecule has 0 saturated carbocycles. The number of nitrogens with one attached hydrogen (secondary N) is 1. The van der Waals surface area contributed by atoms with Gasteiger partial charge in [-0.25, -0.2) is 0 Å². The maximum Gasteiger partial charge on any atom is 0.138 e. The molecule has 2 rings (SSSR count). The van der Waals surface area contributed by atoms with E-state index in [2.05, 4.69) is 32.2 Å². The molecule has 0 aromatic heterocycles. The molecule has 126 valence electrons. The number of benzene rings is 2. The average molecular weight is 342 g/mol. The molecular weight excluding hydrogens is 322 g/mol. The maximum atomic E-state index is 10.9. The van der Waals surface area contributed by atoms with Crippen molar-refractivity contribution in [1.29, 1.82) is 0 Å². The summed E-state index contributed by atoms with van der Waals surface area (Å²) < 4.78 is 5.70. The van der Waals surface area contributed by atoms with E-state index in [0.29, 0.717) is 16.6 Å². The fourth-order valence-corrected chi connectivity index (χ4v) is 2.63. The largest absolute Gasteiger partial charge is 0.545 e. The molecule has 2 aromatic rings. The Morgan fingerprint density at radius 3 is 2.62 bits per heavy atom. The summed E-state index contributed by atoms with van der Waals surface area (Å²) in [5, 5.41) is 13.8. The molecule has 4 nitrogen and oxygen atoms in total. The van der Waals surface area contributed by atoms with Crippen LogP contribution in [0.4, 0.5) is 5.69 Å². The molecule has 0 aliphatic heterocycles. The smallest absolute Gasteiger partial charge is 0.138 e. The lowest BCUT2D eigenvalue weighted by Crippen LogP contribution is -2.23. The average Bonchev–Trinajstić information content (AvgIpc) is 2.53. The number of hydrogen-bond donors (Lipinski definition) is 1. The van der Waals surface area contributed by atoms with Gasteiger partial charge in [-0.05, 0) is 53.8 Å². The summed E-state index contributed by atoms with van der Waals surface area (Å²) in [4.78, 5) is 11.3. The van der Waals surface area contributed by atoms with Crippen molar-refractivity contribution in [3.63, 3.8) is 0 Å². The molecule has 24 heavy (non-hydrogen) atoms. The molecule has 0 radical (unpaired) electrons. The zero-order chi connectivity index (χ0) is 17.7. The van der Waals surface area contributed by atoms with E-state index in [0.717, 1.165) is 5.75 Å². The Morgan fingerprint density at radius 2 is 2.00 bits per heavy atom. The number of carbonyl (C=O) groups excluding carboxylic acids is 1. The Bertz CT molecular complexity index is 756. The first-order valence-electron chi connectivity index (χ1n) is 7.71. The Hall–Kier alpha value is -2.40. The van der Waals surface area contributed by atoms with Crippen LogP contribution < -0.4 is 15.2 Å². The second-order valence-electron chi connectivity index (χ2n) is 5.88. The number of rotatable bonds is 6. The van der Waals surface area contributed by atoms with Crippen molar-refractivity contribution < 1.29 is 14.6 Å². The Labute approximate surface area is 147 Å². The summed E-state index contributed by atoms with van der Waals surface area (Å²) in [5.74, 6) is 0.00358. The van der Waals surface area contributed by atoms with E-state index >= 15 is 0 Å². The summed E-state index contributed by atoms with van der Waals surface area (Å²) in [6.07, 6.45) is 0. The number of aryl methyl sites for hydroxylation is 1. The van der Waals surface area contributed by atoms with Crippen molar-refractivity contribution in [2.75, 3.05) is 11.9 Å². The monoisotopic (exact) mass is 342 g/mol. The molecule has 0 bridgehead atoms. The minimum Gasteiger partial charge on any atom is -0.545 e. The molecule has 0 amide bonds. The van der Waals surface area contributed by atoms with E-state index in [1.807, 2.05) is 12.1 Å². The van der Waals surface area contributed by atoms with Crippen molar-refractivity contribution >= 4 is 28.9 Å². The number of aromatic carboxylic acids is 1. The number of carboxylic acids is 1. The van der Waals surface area contributed by atoms with Crippen LogP contribution in [0.25, 0.3) is 0 Å². The third kappa shape index (κ3) is 4.80. The standard InChI is InChI=1S/C19H21NO3S/c1-12(2)17-8-7-16(9-13(17)3)23-11-18(24)20-15-6-4-5-14(10-15)19(21)22/h4-10,12H,11H2,1-3H3,(H,20,24)(H,21,22)/p-1. The molecule has 0 fully saturated rings. The first-order chi connectivity index (χ1) is 11.4. The van der Waals surface area contributed by atoms with Gasteiger partial charge in [0.15, 0.2) is 0 Å². The lowest BCUT2D eigenvalue weighted by Gasteiger charge is -2.14. The van der Waals surface area contributed by atoms with Crippen LogP contribution in [0.3, 0.4) is 0 Å². The van der Waals surface area contributed by atoms with Crippen molar-refractivity contribution in [2.24, 2.45) is 0 Å². The summed E-state index contributed by atoms with van der Waals surface area (Å²) in [7, 11) is 0. The first-order valence-corrected chi connectivity index (χ1v) is 8.12. The number of carboxylic acid groups (broad SMARTS) is 1. The van der Waals surface area contributed by atoms with E-state index in [1.165, 1.54) is 23.3 Å². The summed E-state index contributed by atoms with van der Waals surface area (Å²) in [6.45, 7) is 6.58. The van der Waals surface area contributed by atoms with Gasteiger partial charge in [-0.2, -0.15) is 0 Å². The highest BCUT2D eigenvalue weighted by atomic mass is 32.1. The van der Waals surface area contributed by atoms with Gasteiger partial charge in [0.05, 0.1) is 5.97 Å². The second-order valence-corrected chi connectivity index (χ2v) is 6.37. The Kier molecular flexibility index (Phi) is 5.93. The predicted molar refractivity (Wildman–Crippen MR) is 97.8 cm³/mol. The molecule has 0 spiro atoms. The van der Waals surface area contributed by atoms with Crippen LogP contribution in [-0.4, -0.2) is 17.6 Å². The molecule has 0 aliphatic rings. The van der Waals surface area contributed by atoms with Crippen molar-refractivity contribution in [2.45, 2.75) is 26.7 Å². The van der Waals surface area contributed by atoms with Crippen LogP contribution in [0, 0.1) is 6.92 Å². The predicted octanol–water partition coefficient (Wildman–Crippen LogP) is 3.30. The molecule has 0 aliphatic carbocycles. The Morgan fingerprint density at radius 1 is 1.25 bits per heavy atom. The van der Waals surface area contributed by atoms with Crippen LogP contribution in [0.2, 0.25) is 0 Å². The van der Waals surface area contributed by atoms with Gasteiger partial charge in [0.1, 0.15) is 17.3 Å². The normalized spacial score (nSPS) is 10.5. The topological polar surface area (TPSA) is 61.4 Å². The number of hydrogen-bond acceptors (Lipinski definition) is 4. The fourth-order valence-electron chi connectivity index (χ4n) is 2.46. The van der Waals surface area contributed by atoms with Crippen LogP contribution >= 0.6 is 12.2 Å². The van der Waals surface area contributed by atoms with Crippen molar-refractivity contribution in [3.8, 4) is 5.75 Å². The lowest BCUT2D eigenvalue weighted by atomic mass is 9.98. The van der Waals surface area contributed by atoms with Crippen LogP contribution in [0.15, 0.2) is 42.5 Å². The molecule has 2 aromatic carbocycles. The summed E-state index contributed by atoms with van der Waals surface area (Å²) in [6, 6.07) is 12.3. The van der Waals surface area contributed by atoms with Gasteiger partial charge in [0, 0.05) is 5.69 Å². The third-order valence-corrected chi connectivity index (χ3v) is 3.84. The summed E-state index contributed by atoms with van der Waals surface area (Å²) in [5.41, 5.74) is 3.17. The molecular formula is C19H20NO3S-. The number of anilines is 1. The quantitative estimate of drug-likeness (QED) is 0.816. The van der Waals surface area contributed by atoms with E-state index in [-0.39, 0.29) is 12.2 Å². The van der Waals surface area contributed by atoms with Gasteiger partial charge in [0.25, 0.3) is 0 Å². The van der Waals surface area contributed by atoms with Crippen molar-refractivity contribution in [1.82, 2.24) is 0 Å². The zero-order valence-corrected chi connectivity index (χ0v) is 14.8. The summed E-state index contributed by atoms with van der Waals surface area (Å²) >= 11 is 5.25. The van der Waals surface area contributed by atoms with E-state index in [9.17, 15) is 9.90 Å². The highest BCUT2D eigenvalue weighted by molar-refractivity contribution is 7.80. The molecule has 0 unspecified atom stereocenters. The van der Waals surface area contributed by atoms with Gasteiger partial charge in [-0.3, -0.25) is 0 Å². The van der Waals surface area contributed by atoms with E-state index < -0.39 is 5.97 Å². The maximum absolute atomic E-state index is 10.9. The van der Waals surface area contributed by atoms with E-state index in [1.54, 1.807) is 12.1 Å². The second kappa shape index (κ2) is 7.93. The van der Waals surface area contributed by atoms with Gasteiger partial charge in [-0.1, -0.05) is 44.3 Å². The fraction of sp³-hybridized carbons (Fsp3) is 0.263. The SMILES string of the molecule is Cc1cc(OCC(=S)Nc2cccc(C(=O)[O-])c2)ccc1C(C)C. The van der Waals surface area contributed by atoms with Crippen LogP contribution in [0.5, 0.6) is 5.75 Å². The first kappa shape index (κ1) is 17.9. The zero-order valence-electron chi connectivity index (χ0n) is 14.0. The molecule has 1 N–H and O–H groups in total. The van der Waals surface area contributed by atoms with Crippen LogP contribution in [0.1, 0.15) is 41.3 Å². The van der Waals surface area contributed by atoms with Crippen LogP contribution in [-0.2, 0) is 0 Å². The highest BCUT2D eigenvalue weighted by Crippen LogP contribution is 2.23. The highest BCUT2D eigenvalue weighted by Gasteiger charge is 2.06. The van der Waals surface area contributed by atoms with Gasteiger partial charge < -0.3 is 20.0 Å². The van der Waals surface area contributed by atoms with Crippen molar-refractivity contribution in [3.05, 3.63) is 59.2 Å². The molecule has 0 saturated heterocycles. The van der Waals surface area contributed by atoms with Gasteiger partial charge in [-0.15, -0.1) is 0 Å². The number of carbonyl (C=O) groups is 1. The Balaban J connectivity index is 1.95. The number of thiocarbonyl (C=S) groups is 1. The minimum absolute atomic E-state index is 0.101. The van der Waals surface area contributed by atoms with Gasteiger partial charge >= 0.3 is 0 Å². The van der Waals surface area contributed by atoms with E-state index in [4.69, 9.17) is 17.0 Å². The van der Waals surface area contributed by atoms with Gasteiger partial charge in [0.2, 0.25) is 0 Å². The minimum atomic E-state index is -1.22. The lowest BCUT2D eigenvalue weighted by molar-refractivity contribution is -0.255. The molecule has 0 atom stereocenters. The third-order valence-electron chi connectivity index (χ3n) is 3.62. The molecule has 5 heteroatoms. The molecule has 0 heterocycles.